The van der Waals surface area contributed by atoms with Crippen molar-refractivity contribution in [2.75, 3.05) is 0 Å². The highest BCUT2D eigenvalue weighted by Gasteiger charge is 2.26. The Morgan fingerprint density at radius 1 is 1.29 bits per heavy atom. The van der Waals surface area contributed by atoms with Crippen molar-refractivity contribution in [2.45, 2.75) is 64.9 Å². The van der Waals surface area contributed by atoms with E-state index in [2.05, 4.69) is 10.3 Å². The van der Waals surface area contributed by atoms with Crippen molar-refractivity contribution in [1.82, 2.24) is 10.3 Å². The zero-order chi connectivity index (χ0) is 15.9. The SMILES string of the molecule is CC(CCCC(F)(F)F)NCc1cccnc1OC(C)C. The van der Waals surface area contributed by atoms with Crippen molar-refractivity contribution in [3.63, 3.8) is 0 Å². The van der Waals surface area contributed by atoms with Crippen LogP contribution in [-0.4, -0.2) is 23.3 Å². The number of hydrogen-bond donors (Lipinski definition) is 1. The third-order valence-corrected chi connectivity index (χ3v) is 2.94. The van der Waals surface area contributed by atoms with Gasteiger partial charge >= 0.3 is 6.18 Å². The summed E-state index contributed by atoms with van der Waals surface area (Å²) < 4.78 is 41.9. The first-order valence-electron chi connectivity index (χ1n) is 7.18. The number of nitrogens with zero attached hydrogens (tertiary/aromatic N) is 1. The van der Waals surface area contributed by atoms with Crippen molar-refractivity contribution >= 4 is 0 Å². The Balaban J connectivity index is 2.40. The van der Waals surface area contributed by atoms with Gasteiger partial charge in [-0.2, -0.15) is 13.2 Å². The van der Waals surface area contributed by atoms with Crippen LogP contribution >= 0.6 is 0 Å². The van der Waals surface area contributed by atoms with Gasteiger partial charge in [0.15, 0.2) is 0 Å². The Hall–Kier alpha value is -1.30. The van der Waals surface area contributed by atoms with Gasteiger partial charge in [-0.3, -0.25) is 0 Å². The maximum Gasteiger partial charge on any atom is 0.389 e. The number of nitrogens with one attached hydrogen (secondary N) is 1. The third kappa shape index (κ3) is 7.90. The molecule has 1 N–H and O–H groups in total. The van der Waals surface area contributed by atoms with Gasteiger partial charge in [-0.25, -0.2) is 4.98 Å². The highest BCUT2D eigenvalue weighted by molar-refractivity contribution is 5.25. The number of aromatic nitrogens is 1. The number of ether oxygens (including phenoxy) is 1. The first kappa shape index (κ1) is 17.8. The summed E-state index contributed by atoms with van der Waals surface area (Å²) in [4.78, 5) is 4.18. The van der Waals surface area contributed by atoms with Crippen molar-refractivity contribution in [3.05, 3.63) is 23.9 Å². The van der Waals surface area contributed by atoms with E-state index in [4.69, 9.17) is 4.74 Å². The number of rotatable bonds is 8. The monoisotopic (exact) mass is 304 g/mol. The van der Waals surface area contributed by atoms with Gasteiger partial charge in [-0.1, -0.05) is 6.07 Å². The van der Waals surface area contributed by atoms with Gasteiger partial charge in [0, 0.05) is 30.8 Å². The van der Waals surface area contributed by atoms with Crippen LogP contribution in [0.2, 0.25) is 0 Å². The second kappa shape index (κ2) is 8.22. The van der Waals surface area contributed by atoms with Crippen molar-refractivity contribution < 1.29 is 17.9 Å². The molecule has 1 heterocycles. The van der Waals surface area contributed by atoms with Crippen LogP contribution in [0.5, 0.6) is 5.88 Å². The van der Waals surface area contributed by atoms with E-state index >= 15 is 0 Å². The van der Waals surface area contributed by atoms with Gasteiger partial charge in [0.1, 0.15) is 0 Å². The predicted molar refractivity (Wildman–Crippen MR) is 76.2 cm³/mol. The Bertz CT molecular complexity index is 422. The first-order valence-corrected chi connectivity index (χ1v) is 7.18. The minimum Gasteiger partial charge on any atom is -0.475 e. The molecule has 21 heavy (non-hydrogen) atoms. The Kier molecular flexibility index (Phi) is 6.95. The zero-order valence-corrected chi connectivity index (χ0v) is 12.7. The molecule has 0 spiro atoms. The molecule has 0 bridgehead atoms. The van der Waals surface area contributed by atoms with E-state index in [1.54, 1.807) is 6.20 Å². The van der Waals surface area contributed by atoms with Crippen molar-refractivity contribution in [3.8, 4) is 5.88 Å². The van der Waals surface area contributed by atoms with Crippen LogP contribution in [-0.2, 0) is 6.54 Å². The molecule has 3 nitrogen and oxygen atoms in total. The van der Waals surface area contributed by atoms with Gasteiger partial charge in [0.2, 0.25) is 5.88 Å². The molecule has 0 amide bonds. The van der Waals surface area contributed by atoms with E-state index in [0.29, 0.717) is 18.8 Å². The minimum absolute atomic E-state index is 0.0134. The molecule has 0 aliphatic heterocycles. The van der Waals surface area contributed by atoms with Gasteiger partial charge < -0.3 is 10.1 Å². The molecule has 0 aliphatic carbocycles. The lowest BCUT2D eigenvalue weighted by Gasteiger charge is -2.17. The average Bonchev–Trinajstić information content (AvgIpc) is 2.35. The van der Waals surface area contributed by atoms with Crippen LogP contribution in [0.15, 0.2) is 18.3 Å². The molecule has 1 aromatic heterocycles. The lowest BCUT2D eigenvalue weighted by molar-refractivity contribution is -0.135. The Labute approximate surface area is 123 Å². The summed E-state index contributed by atoms with van der Waals surface area (Å²) in [6, 6.07) is 3.73. The molecule has 6 heteroatoms. The van der Waals surface area contributed by atoms with Gasteiger partial charge in [-0.15, -0.1) is 0 Å². The first-order chi connectivity index (χ1) is 9.78. The van der Waals surface area contributed by atoms with Crippen LogP contribution < -0.4 is 10.1 Å². The number of alkyl halides is 3. The highest BCUT2D eigenvalue weighted by atomic mass is 19.4. The van der Waals surface area contributed by atoms with Crippen LogP contribution in [0.25, 0.3) is 0 Å². The summed E-state index contributed by atoms with van der Waals surface area (Å²) in [5.74, 6) is 0.572. The fourth-order valence-electron chi connectivity index (χ4n) is 1.88. The molecule has 0 saturated heterocycles. The molecule has 1 unspecified atom stereocenters. The fourth-order valence-corrected chi connectivity index (χ4v) is 1.88. The molecule has 0 fully saturated rings. The normalized spacial score (nSPS) is 13.5. The molecular weight excluding hydrogens is 281 g/mol. The quantitative estimate of drug-likeness (QED) is 0.786. The molecule has 1 aromatic rings. The standard InChI is InChI=1S/C15H23F3N2O/c1-11(2)21-14-13(7-5-9-19-14)10-20-12(3)6-4-8-15(16,17)18/h5,7,9,11-12,20H,4,6,8,10H2,1-3H3. The minimum atomic E-state index is -4.07. The second-order valence-corrected chi connectivity index (χ2v) is 5.42. The third-order valence-electron chi connectivity index (χ3n) is 2.94. The summed E-state index contributed by atoms with van der Waals surface area (Å²) in [7, 11) is 0. The van der Waals surface area contributed by atoms with Gasteiger partial charge in [-0.05, 0) is 39.7 Å². The highest BCUT2D eigenvalue weighted by Crippen LogP contribution is 2.23. The maximum atomic E-state index is 12.1. The zero-order valence-electron chi connectivity index (χ0n) is 12.7. The lowest BCUT2D eigenvalue weighted by atomic mass is 10.1. The smallest absolute Gasteiger partial charge is 0.389 e. The van der Waals surface area contributed by atoms with E-state index < -0.39 is 12.6 Å². The Morgan fingerprint density at radius 3 is 2.62 bits per heavy atom. The lowest BCUT2D eigenvalue weighted by Crippen LogP contribution is -2.26. The van der Waals surface area contributed by atoms with Crippen molar-refractivity contribution in [2.24, 2.45) is 0 Å². The molecule has 0 aliphatic rings. The topological polar surface area (TPSA) is 34.2 Å². The number of pyridine rings is 1. The fraction of sp³-hybridized carbons (Fsp3) is 0.667. The van der Waals surface area contributed by atoms with E-state index in [9.17, 15) is 13.2 Å². The van der Waals surface area contributed by atoms with Crippen LogP contribution in [0, 0.1) is 0 Å². The molecule has 0 radical (unpaired) electrons. The average molecular weight is 304 g/mol. The largest absolute Gasteiger partial charge is 0.475 e. The van der Waals surface area contributed by atoms with E-state index in [1.165, 1.54) is 0 Å². The summed E-state index contributed by atoms with van der Waals surface area (Å²) in [5.41, 5.74) is 0.911. The van der Waals surface area contributed by atoms with Crippen LogP contribution in [0.3, 0.4) is 0 Å². The molecule has 0 saturated carbocycles. The molecular formula is C15H23F3N2O. The Morgan fingerprint density at radius 2 is 2.00 bits per heavy atom. The van der Waals surface area contributed by atoms with Crippen LogP contribution in [0.1, 0.15) is 45.6 Å². The summed E-state index contributed by atoms with van der Waals surface area (Å²) in [6.45, 7) is 6.26. The van der Waals surface area contributed by atoms with E-state index in [-0.39, 0.29) is 18.6 Å². The summed E-state index contributed by atoms with van der Waals surface area (Å²) >= 11 is 0. The number of hydrogen-bond acceptors (Lipinski definition) is 3. The molecule has 1 rings (SSSR count). The summed E-state index contributed by atoms with van der Waals surface area (Å²) in [6.07, 6.45) is -2.48. The van der Waals surface area contributed by atoms with Gasteiger partial charge in [0.25, 0.3) is 0 Å². The maximum absolute atomic E-state index is 12.1. The van der Waals surface area contributed by atoms with Crippen LogP contribution in [0.4, 0.5) is 13.2 Å². The molecule has 0 aromatic carbocycles. The molecule has 120 valence electrons. The predicted octanol–water partition coefficient (Wildman–Crippen LogP) is 4.08. The number of halogens is 3. The summed E-state index contributed by atoms with van der Waals surface area (Å²) in [5, 5.41) is 3.21. The van der Waals surface area contributed by atoms with E-state index in [0.717, 1.165) is 5.56 Å². The van der Waals surface area contributed by atoms with Crippen molar-refractivity contribution in [1.29, 1.82) is 0 Å². The second-order valence-electron chi connectivity index (χ2n) is 5.42. The molecule has 1 atom stereocenters. The van der Waals surface area contributed by atoms with Gasteiger partial charge in [0.05, 0.1) is 6.10 Å². The van der Waals surface area contributed by atoms with E-state index in [1.807, 2.05) is 32.9 Å².